The van der Waals surface area contributed by atoms with Crippen molar-refractivity contribution in [3.05, 3.63) is 23.7 Å². The Balaban J connectivity index is 2.47. The van der Waals surface area contributed by atoms with Crippen LogP contribution in [0.1, 0.15) is 45.1 Å². The van der Waals surface area contributed by atoms with E-state index in [1.807, 2.05) is 19.9 Å². The van der Waals surface area contributed by atoms with Gasteiger partial charge in [-0.2, -0.15) is 0 Å². The van der Waals surface area contributed by atoms with Crippen molar-refractivity contribution in [1.29, 1.82) is 0 Å². The smallest absolute Gasteiger partial charge is 0.191 e. The van der Waals surface area contributed by atoms with Crippen LogP contribution in [0.25, 0.3) is 0 Å². The molecule has 0 aliphatic rings. The molecular formula is C17H31N3O3. The Hall–Kier alpha value is -1.53. The van der Waals surface area contributed by atoms with Crippen LogP contribution in [0.3, 0.4) is 0 Å². The fraction of sp³-hybridized carbons (Fsp3) is 0.706. The molecule has 1 heterocycles. The average Bonchev–Trinajstić information content (AvgIpc) is 2.95. The minimum absolute atomic E-state index is 0.214. The minimum Gasteiger partial charge on any atom is -0.463 e. The summed E-state index contributed by atoms with van der Waals surface area (Å²) >= 11 is 0. The first-order chi connectivity index (χ1) is 11.0. The van der Waals surface area contributed by atoms with E-state index in [0.717, 1.165) is 31.8 Å². The average molecular weight is 325 g/mol. The van der Waals surface area contributed by atoms with Crippen molar-refractivity contribution >= 4 is 5.96 Å². The van der Waals surface area contributed by atoms with Crippen LogP contribution in [0.4, 0.5) is 0 Å². The predicted molar refractivity (Wildman–Crippen MR) is 92.7 cm³/mol. The first-order valence-corrected chi connectivity index (χ1v) is 8.38. The zero-order valence-electron chi connectivity index (χ0n) is 14.8. The van der Waals surface area contributed by atoms with Gasteiger partial charge in [-0.1, -0.05) is 13.3 Å². The van der Waals surface area contributed by atoms with E-state index in [-0.39, 0.29) is 6.54 Å². The fourth-order valence-electron chi connectivity index (χ4n) is 1.97. The molecule has 0 amide bonds. The Morgan fingerprint density at radius 1 is 1.30 bits per heavy atom. The van der Waals surface area contributed by atoms with Crippen molar-refractivity contribution in [2.75, 3.05) is 32.8 Å². The van der Waals surface area contributed by atoms with E-state index in [2.05, 4.69) is 22.5 Å². The summed E-state index contributed by atoms with van der Waals surface area (Å²) in [6.07, 6.45) is 2.22. The lowest BCUT2D eigenvalue weighted by atomic mass is 10.0. The number of hydrogen-bond acceptors (Lipinski definition) is 4. The van der Waals surface area contributed by atoms with E-state index in [1.54, 1.807) is 13.0 Å². The molecule has 0 aliphatic carbocycles. The van der Waals surface area contributed by atoms with Gasteiger partial charge in [0.15, 0.2) is 5.96 Å². The highest BCUT2D eigenvalue weighted by molar-refractivity contribution is 5.79. The summed E-state index contributed by atoms with van der Waals surface area (Å²) < 4.78 is 11.0. The van der Waals surface area contributed by atoms with E-state index in [4.69, 9.17) is 9.15 Å². The maximum Gasteiger partial charge on any atom is 0.191 e. The van der Waals surface area contributed by atoms with Gasteiger partial charge < -0.3 is 24.9 Å². The largest absolute Gasteiger partial charge is 0.463 e. The van der Waals surface area contributed by atoms with Crippen molar-refractivity contribution in [3.8, 4) is 0 Å². The van der Waals surface area contributed by atoms with Gasteiger partial charge in [0.2, 0.25) is 0 Å². The number of unbranched alkanes of at least 4 members (excludes halogenated alkanes) is 1. The quantitative estimate of drug-likeness (QED) is 0.349. The molecule has 0 saturated heterocycles. The summed E-state index contributed by atoms with van der Waals surface area (Å²) in [5, 5.41) is 16.9. The van der Waals surface area contributed by atoms with Crippen molar-refractivity contribution in [2.24, 2.45) is 4.99 Å². The molecule has 0 aromatic carbocycles. The van der Waals surface area contributed by atoms with Crippen molar-refractivity contribution in [2.45, 2.75) is 46.1 Å². The molecule has 3 N–H and O–H groups in total. The normalized spacial score (nSPS) is 14.6. The minimum atomic E-state index is -1.13. The summed E-state index contributed by atoms with van der Waals surface area (Å²) in [4.78, 5) is 4.43. The lowest BCUT2D eigenvalue weighted by Crippen LogP contribution is -2.40. The highest BCUT2D eigenvalue weighted by Crippen LogP contribution is 2.22. The molecule has 6 heteroatoms. The zero-order chi connectivity index (χ0) is 17.1. The van der Waals surface area contributed by atoms with Crippen LogP contribution >= 0.6 is 0 Å². The van der Waals surface area contributed by atoms with Crippen LogP contribution in [-0.4, -0.2) is 43.9 Å². The molecule has 23 heavy (non-hydrogen) atoms. The maximum absolute atomic E-state index is 10.5. The Morgan fingerprint density at radius 2 is 2.09 bits per heavy atom. The molecule has 1 aromatic rings. The summed E-state index contributed by atoms with van der Waals surface area (Å²) in [5.74, 6) is 1.96. The number of furan rings is 1. The summed E-state index contributed by atoms with van der Waals surface area (Å²) in [6.45, 7) is 10.8. The lowest BCUT2D eigenvalue weighted by molar-refractivity contribution is 0.0428. The summed E-state index contributed by atoms with van der Waals surface area (Å²) in [6, 6.07) is 3.62. The van der Waals surface area contributed by atoms with Gasteiger partial charge in [0.05, 0.1) is 13.2 Å². The van der Waals surface area contributed by atoms with Crippen molar-refractivity contribution in [1.82, 2.24) is 10.6 Å². The third-order valence-electron chi connectivity index (χ3n) is 3.34. The van der Waals surface area contributed by atoms with E-state index in [1.165, 1.54) is 0 Å². The summed E-state index contributed by atoms with van der Waals surface area (Å²) in [7, 11) is 0. The zero-order valence-corrected chi connectivity index (χ0v) is 14.8. The van der Waals surface area contributed by atoms with Crippen LogP contribution in [0.5, 0.6) is 0 Å². The van der Waals surface area contributed by atoms with E-state index in [9.17, 15) is 5.11 Å². The molecule has 0 radical (unpaired) electrons. The van der Waals surface area contributed by atoms with Crippen LogP contribution in [-0.2, 0) is 10.3 Å². The van der Waals surface area contributed by atoms with Gasteiger partial charge in [-0.3, -0.25) is 0 Å². The topological polar surface area (TPSA) is 79.0 Å². The third kappa shape index (κ3) is 7.52. The molecule has 1 atom stereocenters. The first-order valence-electron chi connectivity index (χ1n) is 8.38. The lowest BCUT2D eigenvalue weighted by Gasteiger charge is -2.19. The monoisotopic (exact) mass is 325 g/mol. The second kappa shape index (κ2) is 10.3. The maximum atomic E-state index is 10.5. The van der Waals surface area contributed by atoms with Crippen LogP contribution in [0, 0.1) is 6.92 Å². The van der Waals surface area contributed by atoms with E-state index in [0.29, 0.717) is 24.9 Å². The molecule has 0 fully saturated rings. The first kappa shape index (κ1) is 19.5. The number of aliphatic hydroxyl groups is 1. The number of aliphatic imine (C=N–C) groups is 1. The number of ether oxygens (including phenoxy) is 1. The fourth-order valence-corrected chi connectivity index (χ4v) is 1.97. The SMILES string of the molecule is CCCCOCCNC(=NCC(C)(O)c1ccc(C)o1)NCC. The second-order valence-corrected chi connectivity index (χ2v) is 5.77. The van der Waals surface area contributed by atoms with Crippen LogP contribution in [0.15, 0.2) is 21.5 Å². The van der Waals surface area contributed by atoms with Gasteiger partial charge in [-0.25, -0.2) is 4.99 Å². The van der Waals surface area contributed by atoms with Crippen molar-refractivity contribution < 1.29 is 14.3 Å². The molecule has 0 saturated carbocycles. The molecule has 6 nitrogen and oxygen atoms in total. The van der Waals surface area contributed by atoms with Gasteiger partial charge in [0, 0.05) is 19.7 Å². The van der Waals surface area contributed by atoms with Crippen LogP contribution < -0.4 is 10.6 Å². The van der Waals surface area contributed by atoms with Gasteiger partial charge in [0.25, 0.3) is 0 Å². The standard InChI is InChI=1S/C17H31N3O3/c1-5-7-11-22-12-10-19-16(18-6-2)20-13-17(4,21)15-9-8-14(3)23-15/h8-9,21H,5-7,10-13H2,1-4H3,(H2,18,19,20). The summed E-state index contributed by atoms with van der Waals surface area (Å²) in [5.41, 5.74) is -1.13. The molecule has 1 rings (SSSR count). The molecule has 132 valence electrons. The Kier molecular flexibility index (Phi) is 8.73. The number of nitrogens with one attached hydrogen (secondary N) is 2. The Bertz CT molecular complexity index is 469. The second-order valence-electron chi connectivity index (χ2n) is 5.77. The molecule has 1 aromatic heterocycles. The Labute approximate surface area is 139 Å². The predicted octanol–water partition coefficient (Wildman–Crippen LogP) is 2.17. The molecule has 0 aliphatic heterocycles. The van der Waals surface area contributed by atoms with Crippen molar-refractivity contribution in [3.63, 3.8) is 0 Å². The highest BCUT2D eigenvalue weighted by atomic mass is 16.5. The van der Waals surface area contributed by atoms with Gasteiger partial charge in [0.1, 0.15) is 17.1 Å². The molecule has 0 bridgehead atoms. The van der Waals surface area contributed by atoms with Gasteiger partial charge in [-0.05, 0) is 39.3 Å². The molecular weight excluding hydrogens is 294 g/mol. The van der Waals surface area contributed by atoms with Gasteiger partial charge in [-0.15, -0.1) is 0 Å². The number of hydrogen-bond donors (Lipinski definition) is 3. The Morgan fingerprint density at radius 3 is 2.70 bits per heavy atom. The highest BCUT2D eigenvalue weighted by Gasteiger charge is 2.26. The number of guanidine groups is 1. The van der Waals surface area contributed by atoms with E-state index >= 15 is 0 Å². The van der Waals surface area contributed by atoms with E-state index < -0.39 is 5.60 Å². The van der Waals surface area contributed by atoms with Gasteiger partial charge >= 0.3 is 0 Å². The number of aryl methyl sites for hydroxylation is 1. The van der Waals surface area contributed by atoms with Crippen LogP contribution in [0.2, 0.25) is 0 Å². The molecule has 0 spiro atoms. The number of nitrogens with zero attached hydrogens (tertiary/aromatic N) is 1. The number of rotatable bonds is 10. The molecule has 1 unspecified atom stereocenters. The third-order valence-corrected chi connectivity index (χ3v) is 3.34.